The number of allylic oxidation sites excluding steroid dienone is 1. The van der Waals surface area contributed by atoms with Gasteiger partial charge in [-0.3, -0.25) is 14.2 Å². The molecule has 7 heteroatoms. The van der Waals surface area contributed by atoms with E-state index in [0.717, 1.165) is 22.2 Å². The van der Waals surface area contributed by atoms with Crippen molar-refractivity contribution in [3.8, 4) is 16.9 Å². The number of nitrogens with zero attached hydrogens (tertiary/aromatic N) is 4. The fraction of sp³-hybridized carbons (Fsp3) is 0.231. The zero-order chi connectivity index (χ0) is 23.9. The van der Waals surface area contributed by atoms with Crippen LogP contribution in [0.2, 0.25) is 0 Å². The van der Waals surface area contributed by atoms with Crippen LogP contribution >= 0.6 is 0 Å². The van der Waals surface area contributed by atoms with Crippen molar-refractivity contribution in [1.82, 2.24) is 24.4 Å². The van der Waals surface area contributed by atoms with Gasteiger partial charge in [-0.15, -0.1) is 0 Å². The molecule has 3 aromatic heterocycles. The largest absolute Gasteiger partial charge is 0.382 e. The van der Waals surface area contributed by atoms with Gasteiger partial charge in [0.25, 0.3) is 11.1 Å². The smallest absolute Gasteiger partial charge is 0.258 e. The Morgan fingerprint density at radius 2 is 1.76 bits per heavy atom. The molecule has 0 aliphatic heterocycles. The molecule has 7 nitrogen and oxygen atoms in total. The van der Waals surface area contributed by atoms with Crippen LogP contribution in [0, 0.1) is 13.8 Å². The maximum absolute atomic E-state index is 13.3. The molecule has 168 valence electrons. The van der Waals surface area contributed by atoms with Crippen LogP contribution in [-0.4, -0.2) is 19.1 Å². The van der Waals surface area contributed by atoms with Gasteiger partial charge >= 0.3 is 0 Å². The number of aromatic nitrogens is 4. The molecule has 1 N–H and O–H groups in total. The van der Waals surface area contributed by atoms with E-state index >= 15 is 0 Å². The maximum Gasteiger partial charge on any atom is 0.258 e. The molecule has 0 amide bonds. The summed E-state index contributed by atoms with van der Waals surface area (Å²) in [5.41, 5.74) is 4.46. The second-order valence-electron chi connectivity index (χ2n) is 8.47. The predicted octanol–water partition coefficient (Wildman–Crippen LogP) is 3.95. The van der Waals surface area contributed by atoms with Gasteiger partial charge in [-0.2, -0.15) is 0 Å². The lowest BCUT2D eigenvalue weighted by Crippen LogP contribution is -2.22. The van der Waals surface area contributed by atoms with Crippen LogP contribution in [0.1, 0.15) is 36.8 Å². The van der Waals surface area contributed by atoms with Crippen molar-refractivity contribution in [3.63, 3.8) is 0 Å². The molecule has 0 saturated heterocycles. The van der Waals surface area contributed by atoms with Crippen molar-refractivity contribution < 1.29 is 0 Å². The van der Waals surface area contributed by atoms with Crippen LogP contribution in [0.5, 0.6) is 0 Å². The van der Waals surface area contributed by atoms with E-state index in [1.54, 1.807) is 37.1 Å². The molecule has 1 aromatic carbocycles. The van der Waals surface area contributed by atoms with E-state index in [2.05, 4.69) is 27.9 Å². The molecule has 0 unspecified atom stereocenters. The van der Waals surface area contributed by atoms with Crippen LogP contribution in [0.4, 0.5) is 0 Å². The molecular weight excluding hydrogens is 414 g/mol. The normalized spacial score (nSPS) is 12.0. The molecule has 0 aliphatic rings. The average molecular weight is 442 g/mol. The molecule has 4 rings (SSSR count). The highest BCUT2D eigenvalue weighted by molar-refractivity contribution is 5.89. The van der Waals surface area contributed by atoms with Crippen molar-refractivity contribution in [2.45, 2.75) is 33.7 Å². The molecule has 1 atom stereocenters. The molecule has 0 fully saturated rings. The standard InChI is InChI=1S/C26H27N5O2/c1-15(2)29-17(4)21-9-16(3)10-23-22(21)12-24(30(6)26(23)33)19-7-8-31(25(32)11-19)20-13-27-18(5)28-14-20/h7-14,17,29H,1H2,2-6H3/t17-/m1/s1. The number of aryl methyl sites for hydroxylation is 2. The minimum atomic E-state index is -0.228. The third-order valence-corrected chi connectivity index (χ3v) is 5.72. The van der Waals surface area contributed by atoms with E-state index in [1.807, 2.05) is 39.0 Å². The zero-order valence-corrected chi connectivity index (χ0v) is 19.5. The molecule has 0 spiro atoms. The second-order valence-corrected chi connectivity index (χ2v) is 8.47. The molecule has 0 aliphatic carbocycles. The number of pyridine rings is 2. The van der Waals surface area contributed by atoms with Gasteiger partial charge in [0, 0.05) is 42.0 Å². The fourth-order valence-corrected chi connectivity index (χ4v) is 4.13. The summed E-state index contributed by atoms with van der Waals surface area (Å²) in [5, 5.41) is 4.85. The zero-order valence-electron chi connectivity index (χ0n) is 19.5. The Labute approximate surface area is 192 Å². The summed E-state index contributed by atoms with van der Waals surface area (Å²) in [6.45, 7) is 11.7. The molecule has 0 radical (unpaired) electrons. The predicted molar refractivity (Wildman–Crippen MR) is 132 cm³/mol. The monoisotopic (exact) mass is 441 g/mol. The van der Waals surface area contributed by atoms with Crippen molar-refractivity contribution in [1.29, 1.82) is 0 Å². The number of hydrogen-bond donors (Lipinski definition) is 1. The molecule has 3 heterocycles. The Kier molecular flexibility index (Phi) is 5.72. The number of rotatable bonds is 5. The van der Waals surface area contributed by atoms with Gasteiger partial charge in [-0.05, 0) is 62.4 Å². The molecule has 0 saturated carbocycles. The number of nitrogens with one attached hydrogen (secondary N) is 1. The SMILES string of the molecule is C=C(C)N[C@H](C)c1cc(C)cc2c(=O)n(C)c(-c3ccn(-c4cnc(C)nc4)c(=O)c3)cc12. The Bertz CT molecular complexity index is 1500. The van der Waals surface area contributed by atoms with Crippen LogP contribution in [0.15, 0.2) is 70.8 Å². The Morgan fingerprint density at radius 1 is 1.06 bits per heavy atom. The van der Waals surface area contributed by atoms with Gasteiger partial charge in [0.15, 0.2) is 0 Å². The Morgan fingerprint density at radius 3 is 2.39 bits per heavy atom. The summed E-state index contributed by atoms with van der Waals surface area (Å²) < 4.78 is 3.08. The first-order chi connectivity index (χ1) is 15.7. The van der Waals surface area contributed by atoms with Crippen molar-refractivity contribution in [2.24, 2.45) is 7.05 Å². The quantitative estimate of drug-likeness (QED) is 0.507. The number of benzene rings is 1. The summed E-state index contributed by atoms with van der Waals surface area (Å²) in [5.74, 6) is 0.635. The highest BCUT2D eigenvalue weighted by Gasteiger charge is 2.16. The number of fused-ring (bicyclic) bond motifs is 1. The van der Waals surface area contributed by atoms with Crippen molar-refractivity contribution in [2.75, 3.05) is 0 Å². The summed E-state index contributed by atoms with van der Waals surface area (Å²) in [6.07, 6.45) is 4.90. The van der Waals surface area contributed by atoms with Gasteiger partial charge in [-0.1, -0.05) is 12.6 Å². The van der Waals surface area contributed by atoms with Gasteiger partial charge < -0.3 is 9.88 Å². The molecule has 33 heavy (non-hydrogen) atoms. The van der Waals surface area contributed by atoms with Gasteiger partial charge in [-0.25, -0.2) is 9.97 Å². The lowest BCUT2D eigenvalue weighted by molar-refractivity contribution is 0.660. The third kappa shape index (κ3) is 4.22. The van der Waals surface area contributed by atoms with Gasteiger partial charge in [0.1, 0.15) is 5.82 Å². The van der Waals surface area contributed by atoms with Crippen molar-refractivity contribution in [3.05, 3.63) is 98.9 Å². The molecule has 4 aromatic rings. The molecular formula is C26H27N5O2. The minimum absolute atomic E-state index is 0.0283. The van der Waals surface area contributed by atoms with E-state index < -0.39 is 0 Å². The van der Waals surface area contributed by atoms with E-state index in [9.17, 15) is 9.59 Å². The van der Waals surface area contributed by atoms with Crippen LogP contribution in [0.3, 0.4) is 0 Å². The second kappa shape index (κ2) is 8.50. The first kappa shape index (κ1) is 22.2. The average Bonchev–Trinajstić information content (AvgIpc) is 2.76. The van der Waals surface area contributed by atoms with Crippen LogP contribution in [0.25, 0.3) is 27.7 Å². The van der Waals surface area contributed by atoms with Crippen molar-refractivity contribution >= 4 is 10.8 Å². The Balaban J connectivity index is 1.90. The highest BCUT2D eigenvalue weighted by Crippen LogP contribution is 2.28. The Hall–Kier alpha value is -4.00. The first-order valence-corrected chi connectivity index (χ1v) is 10.7. The topological polar surface area (TPSA) is 81.8 Å². The van der Waals surface area contributed by atoms with E-state index in [0.29, 0.717) is 28.2 Å². The fourth-order valence-electron chi connectivity index (χ4n) is 4.13. The van der Waals surface area contributed by atoms with Crippen LogP contribution < -0.4 is 16.4 Å². The minimum Gasteiger partial charge on any atom is -0.382 e. The number of hydrogen-bond acceptors (Lipinski definition) is 5. The molecule has 0 bridgehead atoms. The van der Waals surface area contributed by atoms with E-state index in [1.165, 1.54) is 10.6 Å². The highest BCUT2D eigenvalue weighted by atomic mass is 16.1. The van der Waals surface area contributed by atoms with E-state index in [4.69, 9.17) is 0 Å². The summed E-state index contributed by atoms with van der Waals surface area (Å²) in [7, 11) is 1.73. The maximum atomic E-state index is 13.3. The summed E-state index contributed by atoms with van der Waals surface area (Å²) in [6, 6.07) is 9.31. The lowest BCUT2D eigenvalue weighted by atomic mass is 9.96. The summed E-state index contributed by atoms with van der Waals surface area (Å²) >= 11 is 0. The van der Waals surface area contributed by atoms with Gasteiger partial charge in [0.2, 0.25) is 0 Å². The summed E-state index contributed by atoms with van der Waals surface area (Å²) in [4.78, 5) is 34.5. The third-order valence-electron chi connectivity index (χ3n) is 5.72. The lowest BCUT2D eigenvalue weighted by Gasteiger charge is -2.20. The van der Waals surface area contributed by atoms with Gasteiger partial charge in [0.05, 0.1) is 23.8 Å². The first-order valence-electron chi connectivity index (χ1n) is 10.7. The van der Waals surface area contributed by atoms with Crippen LogP contribution in [-0.2, 0) is 7.05 Å². The van der Waals surface area contributed by atoms with E-state index in [-0.39, 0.29) is 17.2 Å².